The van der Waals surface area contributed by atoms with Crippen molar-refractivity contribution in [2.45, 2.75) is 18.1 Å². The maximum absolute atomic E-state index is 13.3. The van der Waals surface area contributed by atoms with Crippen LogP contribution in [-0.2, 0) is 10.0 Å². The van der Waals surface area contributed by atoms with Gasteiger partial charge in [0.1, 0.15) is 10.5 Å². The maximum Gasteiger partial charge on any atom is 0.347 e. The zero-order valence-corrected chi connectivity index (χ0v) is 17.9. The summed E-state index contributed by atoms with van der Waals surface area (Å²) in [6.45, 7) is 0. The van der Waals surface area contributed by atoms with Crippen molar-refractivity contribution in [1.29, 1.82) is 0 Å². The molecule has 1 aliphatic rings. The fourth-order valence-corrected chi connectivity index (χ4v) is 5.76. The number of aromatic nitrogens is 4. The first kappa shape index (κ1) is 18.2. The Hall–Kier alpha value is -1.81. The van der Waals surface area contributed by atoms with Gasteiger partial charge in [-0.15, -0.1) is 0 Å². The summed E-state index contributed by atoms with van der Waals surface area (Å²) in [4.78, 5) is 17.5. The van der Waals surface area contributed by atoms with Crippen molar-refractivity contribution < 1.29 is 8.42 Å². The number of imidazole rings is 2. The molecule has 0 saturated heterocycles. The Morgan fingerprint density at radius 3 is 2.64 bits per heavy atom. The van der Waals surface area contributed by atoms with Crippen LogP contribution in [0, 0.1) is 0 Å². The van der Waals surface area contributed by atoms with E-state index in [0.29, 0.717) is 33.7 Å². The van der Waals surface area contributed by atoms with Crippen LogP contribution in [0.1, 0.15) is 12.8 Å². The predicted octanol–water partition coefficient (Wildman–Crippen LogP) is 3.85. The van der Waals surface area contributed by atoms with Gasteiger partial charge in [-0.3, -0.25) is 4.57 Å². The molecule has 0 N–H and O–H groups in total. The van der Waals surface area contributed by atoms with E-state index in [1.54, 1.807) is 41.2 Å². The van der Waals surface area contributed by atoms with Crippen molar-refractivity contribution in [3.05, 3.63) is 61.8 Å². The van der Waals surface area contributed by atoms with E-state index in [9.17, 15) is 13.2 Å². The Bertz CT molecular complexity index is 1450. The first-order chi connectivity index (χ1) is 13.3. The molecule has 0 bridgehead atoms. The van der Waals surface area contributed by atoms with Crippen LogP contribution in [0.3, 0.4) is 0 Å². The minimum absolute atomic E-state index is 0.184. The number of halogens is 3. The summed E-state index contributed by atoms with van der Waals surface area (Å²) in [5, 5.41) is 0.00626. The van der Waals surface area contributed by atoms with Crippen LogP contribution in [0.4, 0.5) is 0 Å². The lowest BCUT2D eigenvalue weighted by atomic mass is 10.3. The summed E-state index contributed by atoms with van der Waals surface area (Å²) in [6, 6.07) is 4.92. The normalized spacial score (nSPS) is 15.0. The molecule has 144 valence electrons. The molecule has 0 atom stereocenters. The molecule has 0 aliphatic heterocycles. The minimum Gasteiger partial charge on any atom is -0.304 e. The second kappa shape index (κ2) is 6.09. The quantitative estimate of drug-likeness (QED) is 0.427. The second-order valence-corrected chi connectivity index (χ2v) is 10.3. The monoisotopic (exact) mass is 500 g/mol. The first-order valence-corrected chi connectivity index (χ1v) is 11.3. The highest BCUT2D eigenvalue weighted by atomic mass is 79.9. The SMILES string of the molecule is O=c1n(-c2ccc(Br)c(Cl)c2)c2c(Cl)c3nccn3cc2n1S(=O)(=O)C1CC1. The van der Waals surface area contributed by atoms with Crippen LogP contribution in [0.2, 0.25) is 10.0 Å². The van der Waals surface area contributed by atoms with Crippen molar-refractivity contribution in [3.63, 3.8) is 0 Å². The van der Waals surface area contributed by atoms with Gasteiger partial charge in [-0.1, -0.05) is 23.2 Å². The molecule has 0 radical (unpaired) electrons. The Labute approximate surface area is 177 Å². The molecule has 11 heteroatoms. The lowest BCUT2D eigenvalue weighted by molar-refractivity contribution is 0.585. The van der Waals surface area contributed by atoms with Gasteiger partial charge in [0.25, 0.3) is 0 Å². The molecule has 1 saturated carbocycles. The van der Waals surface area contributed by atoms with Gasteiger partial charge < -0.3 is 4.40 Å². The van der Waals surface area contributed by atoms with Gasteiger partial charge in [0.15, 0.2) is 5.65 Å². The molecular weight excluding hydrogens is 491 g/mol. The van der Waals surface area contributed by atoms with Crippen LogP contribution < -0.4 is 5.69 Å². The van der Waals surface area contributed by atoms with Crippen LogP contribution >= 0.6 is 39.1 Å². The van der Waals surface area contributed by atoms with E-state index in [4.69, 9.17) is 23.2 Å². The molecule has 3 aromatic heterocycles. The third-order valence-electron chi connectivity index (χ3n) is 4.75. The number of fused-ring (bicyclic) bond motifs is 2. The minimum atomic E-state index is -3.85. The predicted molar refractivity (Wildman–Crippen MR) is 111 cm³/mol. The Balaban J connectivity index is 1.98. The molecule has 28 heavy (non-hydrogen) atoms. The summed E-state index contributed by atoms with van der Waals surface area (Å²) in [5.74, 6) is 0. The zero-order chi connectivity index (χ0) is 19.8. The fourth-order valence-electron chi connectivity index (χ4n) is 3.27. The Kier molecular flexibility index (Phi) is 3.97. The van der Waals surface area contributed by atoms with Gasteiger partial charge in [0, 0.05) is 23.1 Å². The van der Waals surface area contributed by atoms with Gasteiger partial charge in [-0.2, -0.15) is 3.97 Å². The van der Waals surface area contributed by atoms with Gasteiger partial charge in [0.05, 0.1) is 21.5 Å². The zero-order valence-electron chi connectivity index (χ0n) is 14.0. The topological polar surface area (TPSA) is 78.4 Å². The molecule has 1 fully saturated rings. The molecule has 0 amide bonds. The average molecular weight is 502 g/mol. The molecule has 7 nitrogen and oxygen atoms in total. The third kappa shape index (κ3) is 2.50. The van der Waals surface area contributed by atoms with Gasteiger partial charge in [0.2, 0.25) is 10.0 Å². The van der Waals surface area contributed by atoms with Gasteiger partial charge >= 0.3 is 5.69 Å². The van der Waals surface area contributed by atoms with Crippen molar-refractivity contribution >= 4 is 65.8 Å². The molecule has 4 aromatic rings. The lowest BCUT2D eigenvalue weighted by Gasteiger charge is -2.07. The number of rotatable bonds is 3. The number of nitrogens with zero attached hydrogens (tertiary/aromatic N) is 4. The lowest BCUT2D eigenvalue weighted by Crippen LogP contribution is -2.31. The number of hydrogen-bond acceptors (Lipinski definition) is 4. The molecule has 5 rings (SSSR count). The van der Waals surface area contributed by atoms with Crippen molar-refractivity contribution in [3.8, 4) is 5.69 Å². The summed E-state index contributed by atoms with van der Waals surface area (Å²) >= 11 is 16.1. The molecule has 1 aliphatic carbocycles. The Morgan fingerprint density at radius 2 is 1.96 bits per heavy atom. The molecule has 0 spiro atoms. The van der Waals surface area contributed by atoms with Crippen molar-refractivity contribution in [2.75, 3.05) is 0 Å². The molecule has 1 aromatic carbocycles. The highest BCUT2D eigenvalue weighted by Crippen LogP contribution is 2.35. The van der Waals surface area contributed by atoms with E-state index in [0.717, 1.165) is 3.97 Å². The standard InChI is InChI=1S/C17H11BrCl2N4O3S/c18-11-4-1-9(7-12(11)19)23-15-13(8-22-6-5-21-16(22)14(15)20)24(17(23)25)28(26,27)10-2-3-10/h1,4-8,10H,2-3H2. The third-order valence-corrected chi connectivity index (χ3v) is 8.50. The largest absolute Gasteiger partial charge is 0.347 e. The highest BCUT2D eigenvalue weighted by Gasteiger charge is 2.40. The number of pyridine rings is 1. The first-order valence-electron chi connectivity index (χ1n) is 8.29. The molecule has 3 heterocycles. The van der Waals surface area contributed by atoms with E-state index in [1.807, 2.05) is 0 Å². The van der Waals surface area contributed by atoms with E-state index in [1.165, 1.54) is 4.57 Å². The highest BCUT2D eigenvalue weighted by molar-refractivity contribution is 9.10. The van der Waals surface area contributed by atoms with Crippen molar-refractivity contribution in [1.82, 2.24) is 17.9 Å². The van der Waals surface area contributed by atoms with E-state index < -0.39 is 21.0 Å². The fraction of sp³-hybridized carbons (Fsp3) is 0.176. The van der Waals surface area contributed by atoms with E-state index in [2.05, 4.69) is 20.9 Å². The summed E-state index contributed by atoms with van der Waals surface area (Å²) in [5.41, 5.74) is 0.590. The Morgan fingerprint density at radius 1 is 1.21 bits per heavy atom. The number of benzene rings is 1. The van der Waals surface area contributed by atoms with Gasteiger partial charge in [-0.25, -0.2) is 18.2 Å². The number of hydrogen-bond donors (Lipinski definition) is 0. The smallest absolute Gasteiger partial charge is 0.304 e. The van der Waals surface area contributed by atoms with Crippen LogP contribution in [-0.4, -0.2) is 31.6 Å². The van der Waals surface area contributed by atoms with Crippen molar-refractivity contribution in [2.24, 2.45) is 0 Å². The summed E-state index contributed by atoms with van der Waals surface area (Å²) in [7, 11) is -3.85. The average Bonchev–Trinajstić information content (AvgIpc) is 3.33. The maximum atomic E-state index is 13.3. The van der Waals surface area contributed by atoms with Crippen LogP contribution in [0.5, 0.6) is 0 Å². The summed E-state index contributed by atoms with van der Waals surface area (Å²) in [6.07, 6.45) is 5.83. The van der Waals surface area contributed by atoms with E-state index in [-0.39, 0.29) is 16.1 Å². The van der Waals surface area contributed by atoms with Crippen LogP contribution in [0.15, 0.2) is 46.1 Å². The summed E-state index contributed by atoms with van der Waals surface area (Å²) < 4.78 is 30.4. The second-order valence-electron chi connectivity index (χ2n) is 6.56. The molecule has 0 unspecified atom stereocenters. The van der Waals surface area contributed by atoms with E-state index >= 15 is 0 Å². The van der Waals surface area contributed by atoms with Crippen LogP contribution in [0.25, 0.3) is 22.4 Å². The molecular formula is C17H11BrCl2N4O3S. The van der Waals surface area contributed by atoms with Gasteiger partial charge in [-0.05, 0) is 47.0 Å².